The number of aryl methyl sites for hydroxylation is 1. The maximum atomic E-state index is 13.6. The molecule has 3 aromatic rings. The van der Waals surface area contributed by atoms with Gasteiger partial charge in [-0.3, -0.25) is 24.2 Å². The van der Waals surface area contributed by atoms with Gasteiger partial charge in [0.1, 0.15) is 12.1 Å². The van der Waals surface area contributed by atoms with Gasteiger partial charge in [0.15, 0.2) is 0 Å². The summed E-state index contributed by atoms with van der Waals surface area (Å²) in [4.78, 5) is 57.4. The van der Waals surface area contributed by atoms with Gasteiger partial charge in [0, 0.05) is 37.8 Å². The standard InChI is InChI=1S/C31H31F3N4O4/c32-31(33,34)24-14-5-4-11-22(24)20-38-26(15-16-27(38)39)29(41)37-25(19-21-9-2-1-3-10-21)28(40)30(42)36-18-8-13-23-12-6-7-17-35-23/h1-7,9-12,14,17,25-26H,8,13,15-16,18-20H2,(H,36,42)(H,37,41)/t25?,26-/m0/s1. The number of halogens is 3. The lowest BCUT2D eigenvalue weighted by molar-refractivity contribution is -0.142. The van der Waals surface area contributed by atoms with Crippen LogP contribution in [0, 0.1) is 0 Å². The highest BCUT2D eigenvalue weighted by Gasteiger charge is 2.40. The normalized spacial score (nSPS) is 15.7. The summed E-state index contributed by atoms with van der Waals surface area (Å²) in [5.41, 5.74) is 0.513. The summed E-state index contributed by atoms with van der Waals surface area (Å²) in [6.07, 6.45) is -1.75. The Kier molecular flexibility index (Phi) is 10.1. The summed E-state index contributed by atoms with van der Waals surface area (Å²) in [7, 11) is 0. The van der Waals surface area contributed by atoms with Gasteiger partial charge in [0.05, 0.1) is 5.56 Å². The molecule has 2 atom stereocenters. The van der Waals surface area contributed by atoms with Crippen LogP contribution in [0.4, 0.5) is 13.2 Å². The Morgan fingerprint density at radius 3 is 2.40 bits per heavy atom. The third-order valence-electron chi connectivity index (χ3n) is 7.06. The number of nitrogens with one attached hydrogen (secondary N) is 2. The minimum Gasteiger partial charge on any atom is -0.349 e. The van der Waals surface area contributed by atoms with Crippen molar-refractivity contribution in [3.63, 3.8) is 0 Å². The van der Waals surface area contributed by atoms with Crippen LogP contribution in [0.25, 0.3) is 0 Å². The second-order valence-corrected chi connectivity index (χ2v) is 10.0. The van der Waals surface area contributed by atoms with Crippen molar-refractivity contribution in [3.05, 3.63) is 101 Å². The van der Waals surface area contributed by atoms with Crippen LogP contribution in [0.1, 0.15) is 41.6 Å². The maximum Gasteiger partial charge on any atom is 0.416 e. The highest BCUT2D eigenvalue weighted by atomic mass is 19.4. The van der Waals surface area contributed by atoms with Crippen LogP contribution in [-0.4, -0.2) is 52.0 Å². The predicted octanol–water partition coefficient (Wildman–Crippen LogP) is 3.64. The predicted molar refractivity (Wildman–Crippen MR) is 148 cm³/mol. The van der Waals surface area contributed by atoms with E-state index in [2.05, 4.69) is 15.6 Å². The SMILES string of the molecule is O=C(NCCCc1ccccn1)C(=O)C(Cc1ccccc1)NC(=O)[C@@H]1CCC(=O)N1Cc1ccccc1C(F)(F)F. The molecule has 0 radical (unpaired) electrons. The molecule has 1 fully saturated rings. The molecule has 8 nitrogen and oxygen atoms in total. The van der Waals surface area contributed by atoms with Gasteiger partial charge in [0.25, 0.3) is 5.91 Å². The van der Waals surface area contributed by atoms with E-state index in [-0.39, 0.29) is 31.4 Å². The zero-order valence-electron chi connectivity index (χ0n) is 22.8. The van der Waals surface area contributed by atoms with Crippen molar-refractivity contribution in [1.29, 1.82) is 0 Å². The number of carbonyl (C=O) groups is 4. The molecular weight excluding hydrogens is 549 g/mol. The second kappa shape index (κ2) is 13.9. The largest absolute Gasteiger partial charge is 0.416 e. The fourth-order valence-electron chi connectivity index (χ4n) is 4.91. The number of carbonyl (C=O) groups excluding carboxylic acids is 4. The molecule has 1 aliphatic heterocycles. The van der Waals surface area contributed by atoms with Crippen LogP contribution in [0.5, 0.6) is 0 Å². The number of pyridine rings is 1. The Morgan fingerprint density at radius 1 is 0.976 bits per heavy atom. The molecule has 220 valence electrons. The van der Waals surface area contributed by atoms with E-state index in [0.717, 1.165) is 16.7 Å². The van der Waals surface area contributed by atoms with E-state index < -0.39 is 53.9 Å². The van der Waals surface area contributed by atoms with Crippen LogP contribution in [-0.2, 0) is 44.7 Å². The number of nitrogens with zero attached hydrogens (tertiary/aromatic N) is 2. The van der Waals surface area contributed by atoms with Gasteiger partial charge in [-0.2, -0.15) is 13.2 Å². The van der Waals surface area contributed by atoms with Gasteiger partial charge in [0.2, 0.25) is 17.6 Å². The van der Waals surface area contributed by atoms with Gasteiger partial charge < -0.3 is 15.5 Å². The maximum absolute atomic E-state index is 13.6. The van der Waals surface area contributed by atoms with E-state index in [1.165, 1.54) is 18.2 Å². The fraction of sp³-hybridized carbons (Fsp3) is 0.323. The molecule has 0 saturated carbocycles. The van der Waals surface area contributed by atoms with E-state index >= 15 is 0 Å². The molecule has 4 rings (SSSR count). The second-order valence-electron chi connectivity index (χ2n) is 10.0. The van der Waals surface area contributed by atoms with Gasteiger partial charge in [-0.05, 0) is 48.6 Å². The van der Waals surface area contributed by atoms with E-state index in [1.54, 1.807) is 42.6 Å². The summed E-state index contributed by atoms with van der Waals surface area (Å²) >= 11 is 0. The van der Waals surface area contributed by atoms with E-state index in [9.17, 15) is 32.3 Å². The minimum atomic E-state index is -4.63. The highest BCUT2D eigenvalue weighted by molar-refractivity contribution is 6.38. The Balaban J connectivity index is 1.44. The van der Waals surface area contributed by atoms with E-state index in [0.29, 0.717) is 18.4 Å². The van der Waals surface area contributed by atoms with Crippen molar-refractivity contribution in [2.45, 2.75) is 56.9 Å². The first-order valence-corrected chi connectivity index (χ1v) is 13.6. The highest BCUT2D eigenvalue weighted by Crippen LogP contribution is 2.33. The average Bonchev–Trinajstić information content (AvgIpc) is 3.35. The van der Waals surface area contributed by atoms with Gasteiger partial charge in [-0.25, -0.2) is 0 Å². The van der Waals surface area contributed by atoms with Crippen LogP contribution >= 0.6 is 0 Å². The third-order valence-corrected chi connectivity index (χ3v) is 7.06. The molecule has 1 aromatic heterocycles. The van der Waals surface area contributed by atoms with Gasteiger partial charge >= 0.3 is 6.18 Å². The Hall–Kier alpha value is -4.54. The van der Waals surface area contributed by atoms with Crippen LogP contribution in [0.3, 0.4) is 0 Å². The lowest BCUT2D eigenvalue weighted by atomic mass is 10.0. The number of benzene rings is 2. The topological polar surface area (TPSA) is 108 Å². The van der Waals surface area contributed by atoms with Crippen molar-refractivity contribution < 1.29 is 32.3 Å². The fourth-order valence-corrected chi connectivity index (χ4v) is 4.91. The van der Waals surface area contributed by atoms with Crippen molar-refractivity contribution in [3.8, 4) is 0 Å². The zero-order valence-corrected chi connectivity index (χ0v) is 22.8. The number of hydrogen-bond donors (Lipinski definition) is 2. The van der Waals surface area contributed by atoms with Crippen LogP contribution < -0.4 is 10.6 Å². The van der Waals surface area contributed by atoms with Crippen molar-refractivity contribution in [2.24, 2.45) is 0 Å². The zero-order chi connectivity index (χ0) is 30.1. The number of Topliss-reactive ketones (excluding diaryl/α,β-unsaturated/α-hetero) is 1. The summed E-state index contributed by atoms with van der Waals surface area (Å²) in [6.45, 7) is -0.197. The summed E-state index contributed by atoms with van der Waals surface area (Å²) in [6, 6.07) is 16.9. The van der Waals surface area contributed by atoms with E-state index in [4.69, 9.17) is 0 Å². The van der Waals surface area contributed by atoms with Crippen LogP contribution in [0.2, 0.25) is 0 Å². The molecule has 2 N–H and O–H groups in total. The van der Waals surface area contributed by atoms with Crippen molar-refractivity contribution >= 4 is 23.5 Å². The lowest BCUT2D eigenvalue weighted by Gasteiger charge is -2.27. The van der Waals surface area contributed by atoms with E-state index in [1.807, 2.05) is 12.1 Å². The molecule has 11 heteroatoms. The van der Waals surface area contributed by atoms with Gasteiger partial charge in [-0.15, -0.1) is 0 Å². The lowest BCUT2D eigenvalue weighted by Crippen LogP contribution is -2.53. The molecule has 42 heavy (non-hydrogen) atoms. The van der Waals surface area contributed by atoms with Crippen LogP contribution in [0.15, 0.2) is 79.0 Å². The molecule has 2 aromatic carbocycles. The molecule has 0 spiro atoms. The molecular formula is C31H31F3N4O4. The monoisotopic (exact) mass is 580 g/mol. The minimum absolute atomic E-state index is 0.0182. The molecule has 1 unspecified atom stereocenters. The number of likely N-dealkylation sites (tertiary alicyclic amines) is 1. The summed E-state index contributed by atoms with van der Waals surface area (Å²) < 4.78 is 40.7. The number of alkyl halides is 3. The Morgan fingerprint density at radius 2 is 1.69 bits per heavy atom. The summed E-state index contributed by atoms with van der Waals surface area (Å²) in [5.74, 6) is -2.90. The van der Waals surface area contributed by atoms with Gasteiger partial charge in [-0.1, -0.05) is 54.6 Å². The molecule has 2 heterocycles. The number of aromatic nitrogens is 1. The molecule has 3 amide bonds. The van der Waals surface area contributed by atoms with Crippen molar-refractivity contribution in [1.82, 2.24) is 20.5 Å². The summed E-state index contributed by atoms with van der Waals surface area (Å²) in [5, 5.41) is 5.20. The first-order valence-electron chi connectivity index (χ1n) is 13.6. The Labute approximate surface area is 241 Å². The van der Waals surface area contributed by atoms with Crippen molar-refractivity contribution in [2.75, 3.05) is 6.54 Å². The molecule has 1 aliphatic rings. The first-order chi connectivity index (χ1) is 20.1. The first kappa shape index (κ1) is 30.4. The molecule has 0 bridgehead atoms. The smallest absolute Gasteiger partial charge is 0.349 e. The average molecular weight is 581 g/mol. The Bertz CT molecular complexity index is 1400. The third kappa shape index (κ3) is 8.02. The quantitative estimate of drug-likeness (QED) is 0.251. The number of hydrogen-bond acceptors (Lipinski definition) is 5. The number of amides is 3. The number of rotatable bonds is 12. The number of ketones is 1. The molecule has 1 saturated heterocycles. The molecule has 0 aliphatic carbocycles.